The highest BCUT2D eigenvalue weighted by molar-refractivity contribution is 8.13. The first-order chi connectivity index (χ1) is 7.15. The first-order valence-corrected chi connectivity index (χ1v) is 5.97. The van der Waals surface area contributed by atoms with Crippen LogP contribution in [0.1, 0.15) is 5.56 Å². The van der Waals surface area contributed by atoms with Crippen molar-refractivity contribution in [1.82, 2.24) is 0 Å². The molecule has 0 fully saturated rings. The quantitative estimate of drug-likeness (QED) is 0.506. The van der Waals surface area contributed by atoms with Crippen LogP contribution < -0.4 is 5.73 Å². The fourth-order valence-electron chi connectivity index (χ4n) is 0.818. The molecule has 3 nitrogen and oxygen atoms in total. The summed E-state index contributed by atoms with van der Waals surface area (Å²) in [6, 6.07) is 5.23. The molecule has 0 radical (unpaired) electrons. The minimum absolute atomic E-state index is 0.384. The molecule has 0 aliphatic heterocycles. The fraction of sp³-hybridized carbons (Fsp3) is 0.111. The van der Waals surface area contributed by atoms with Crippen molar-refractivity contribution in [2.75, 3.05) is 6.26 Å². The maximum Gasteiger partial charge on any atom is 0.180 e. The molecule has 0 spiro atoms. The number of nitrogens with zero attached hydrogens (tertiary/aromatic N) is 2. The summed E-state index contributed by atoms with van der Waals surface area (Å²) >= 11 is 13.2. The van der Waals surface area contributed by atoms with Crippen molar-refractivity contribution in [3.63, 3.8) is 0 Å². The van der Waals surface area contributed by atoms with Gasteiger partial charge in [-0.3, -0.25) is 0 Å². The molecular formula is C9H9Cl2N3S. The van der Waals surface area contributed by atoms with Crippen molar-refractivity contribution >= 4 is 46.3 Å². The van der Waals surface area contributed by atoms with Crippen molar-refractivity contribution in [2.45, 2.75) is 0 Å². The molecule has 1 aromatic rings. The van der Waals surface area contributed by atoms with Gasteiger partial charge in [-0.15, -0.1) is 5.10 Å². The van der Waals surface area contributed by atoms with Crippen LogP contribution in [0.2, 0.25) is 10.0 Å². The Balaban J connectivity index is 2.90. The molecule has 0 unspecified atom stereocenters. The van der Waals surface area contributed by atoms with Gasteiger partial charge in [-0.1, -0.05) is 41.0 Å². The van der Waals surface area contributed by atoms with E-state index >= 15 is 0 Å². The minimum atomic E-state index is 0.384. The number of halogens is 2. The summed E-state index contributed by atoms with van der Waals surface area (Å²) < 4.78 is 0. The molecule has 6 heteroatoms. The molecular weight excluding hydrogens is 253 g/mol. The van der Waals surface area contributed by atoms with Gasteiger partial charge in [0.1, 0.15) is 0 Å². The lowest BCUT2D eigenvalue weighted by Gasteiger charge is -1.98. The number of thioether (sulfide) groups is 1. The summed E-state index contributed by atoms with van der Waals surface area (Å²) in [6.45, 7) is 0. The monoisotopic (exact) mass is 261 g/mol. The molecule has 1 rings (SSSR count). The lowest BCUT2D eigenvalue weighted by Crippen LogP contribution is -2.03. The zero-order valence-electron chi connectivity index (χ0n) is 7.95. The van der Waals surface area contributed by atoms with E-state index in [9.17, 15) is 0 Å². The Morgan fingerprint density at radius 2 is 2.00 bits per heavy atom. The number of benzene rings is 1. The topological polar surface area (TPSA) is 50.7 Å². The zero-order chi connectivity index (χ0) is 11.3. The summed E-state index contributed by atoms with van der Waals surface area (Å²) in [6.07, 6.45) is 3.30. The van der Waals surface area contributed by atoms with Gasteiger partial charge >= 0.3 is 0 Å². The number of nitrogens with two attached hydrogens (primary N) is 1. The smallest absolute Gasteiger partial charge is 0.180 e. The first-order valence-electron chi connectivity index (χ1n) is 3.99. The molecule has 1 aromatic carbocycles. The Hall–Kier alpha value is -0.710. The summed E-state index contributed by atoms with van der Waals surface area (Å²) in [4.78, 5) is 0. The molecule has 0 bridgehead atoms. The van der Waals surface area contributed by atoms with Gasteiger partial charge in [-0.05, 0) is 18.4 Å². The van der Waals surface area contributed by atoms with Crippen LogP contribution in [0.4, 0.5) is 0 Å². The van der Waals surface area contributed by atoms with Crippen LogP contribution in [0.15, 0.2) is 28.4 Å². The van der Waals surface area contributed by atoms with E-state index in [0.29, 0.717) is 20.8 Å². The van der Waals surface area contributed by atoms with Gasteiger partial charge in [0.2, 0.25) is 0 Å². The average Bonchev–Trinajstić information content (AvgIpc) is 2.22. The molecule has 0 aliphatic rings. The predicted octanol–water partition coefficient (Wildman–Crippen LogP) is 3.01. The van der Waals surface area contributed by atoms with Crippen LogP contribution in [0, 0.1) is 0 Å². The Kier molecular flexibility index (Phi) is 4.94. The normalized spacial score (nSPS) is 12.3. The molecule has 0 heterocycles. The molecule has 15 heavy (non-hydrogen) atoms. The lowest BCUT2D eigenvalue weighted by atomic mass is 10.2. The molecule has 80 valence electrons. The third-order valence-electron chi connectivity index (χ3n) is 1.55. The molecule has 0 atom stereocenters. The van der Waals surface area contributed by atoms with Gasteiger partial charge in [-0.25, -0.2) is 0 Å². The van der Waals surface area contributed by atoms with Gasteiger partial charge in [0, 0.05) is 5.56 Å². The average molecular weight is 262 g/mol. The molecule has 0 saturated heterocycles. The molecule has 2 N–H and O–H groups in total. The van der Waals surface area contributed by atoms with Crippen LogP contribution in [0.3, 0.4) is 0 Å². The molecule has 0 saturated carbocycles. The van der Waals surface area contributed by atoms with E-state index in [2.05, 4.69) is 10.2 Å². The molecule has 0 aromatic heterocycles. The van der Waals surface area contributed by atoms with Crippen molar-refractivity contribution in [3.8, 4) is 0 Å². The van der Waals surface area contributed by atoms with Gasteiger partial charge in [0.05, 0.1) is 16.3 Å². The highest BCUT2D eigenvalue weighted by atomic mass is 35.5. The second kappa shape index (κ2) is 6.00. The van der Waals surface area contributed by atoms with E-state index < -0.39 is 0 Å². The maximum absolute atomic E-state index is 5.92. The standard InChI is InChI=1S/C9H9Cl2N3S/c1-15-9(12)14-13-5-6-7(10)3-2-4-8(6)11/h2-5H,1H3,(H2,12,14)/b13-5+. The number of amidine groups is 1. The second-order valence-electron chi connectivity index (χ2n) is 2.52. The third kappa shape index (κ3) is 3.74. The van der Waals surface area contributed by atoms with Crippen LogP contribution >= 0.6 is 35.0 Å². The van der Waals surface area contributed by atoms with Crippen LogP contribution in [-0.4, -0.2) is 17.6 Å². The van der Waals surface area contributed by atoms with Gasteiger partial charge in [-0.2, -0.15) is 5.10 Å². The minimum Gasteiger partial charge on any atom is -0.377 e. The number of hydrogen-bond donors (Lipinski definition) is 1. The Morgan fingerprint density at radius 3 is 2.53 bits per heavy atom. The predicted molar refractivity (Wildman–Crippen MR) is 69.2 cm³/mol. The van der Waals surface area contributed by atoms with E-state index in [1.165, 1.54) is 18.0 Å². The van der Waals surface area contributed by atoms with E-state index in [-0.39, 0.29) is 0 Å². The van der Waals surface area contributed by atoms with Crippen LogP contribution in [0.25, 0.3) is 0 Å². The summed E-state index contributed by atoms with van der Waals surface area (Å²) in [5.41, 5.74) is 6.08. The fourth-order valence-corrected chi connectivity index (χ4v) is 1.44. The summed E-state index contributed by atoms with van der Waals surface area (Å²) in [7, 11) is 0. The molecule has 0 amide bonds. The van der Waals surface area contributed by atoms with Crippen molar-refractivity contribution in [1.29, 1.82) is 0 Å². The van der Waals surface area contributed by atoms with Crippen LogP contribution in [-0.2, 0) is 0 Å². The van der Waals surface area contributed by atoms with E-state index in [4.69, 9.17) is 28.9 Å². The highest BCUT2D eigenvalue weighted by Gasteiger charge is 2.01. The number of rotatable bonds is 2. The van der Waals surface area contributed by atoms with Gasteiger partial charge < -0.3 is 5.73 Å². The van der Waals surface area contributed by atoms with Crippen molar-refractivity contribution < 1.29 is 0 Å². The van der Waals surface area contributed by atoms with E-state index in [1.807, 2.05) is 6.26 Å². The first kappa shape index (κ1) is 12.4. The zero-order valence-corrected chi connectivity index (χ0v) is 10.3. The van der Waals surface area contributed by atoms with E-state index in [1.54, 1.807) is 18.2 Å². The van der Waals surface area contributed by atoms with Crippen LogP contribution in [0.5, 0.6) is 0 Å². The Labute approximate surface area is 102 Å². The Morgan fingerprint density at radius 1 is 1.40 bits per heavy atom. The van der Waals surface area contributed by atoms with E-state index in [0.717, 1.165) is 0 Å². The van der Waals surface area contributed by atoms with Crippen molar-refractivity contribution in [2.24, 2.45) is 15.9 Å². The third-order valence-corrected chi connectivity index (χ3v) is 2.71. The number of hydrogen-bond acceptors (Lipinski definition) is 3. The summed E-state index contributed by atoms with van der Waals surface area (Å²) in [5, 5.41) is 8.96. The SMILES string of the molecule is CS/C(N)=N/N=C/c1c(Cl)cccc1Cl. The highest BCUT2D eigenvalue weighted by Crippen LogP contribution is 2.22. The maximum atomic E-state index is 5.92. The van der Waals surface area contributed by atoms with Crippen molar-refractivity contribution in [3.05, 3.63) is 33.8 Å². The van der Waals surface area contributed by atoms with Gasteiger partial charge in [0.15, 0.2) is 5.17 Å². The largest absolute Gasteiger partial charge is 0.377 e. The second-order valence-corrected chi connectivity index (χ2v) is 4.16. The molecule has 0 aliphatic carbocycles. The lowest BCUT2D eigenvalue weighted by molar-refractivity contribution is 1.25. The Bertz CT molecular complexity index is 384. The summed E-state index contributed by atoms with van der Waals surface area (Å²) in [5.74, 6) is 0. The van der Waals surface area contributed by atoms with Gasteiger partial charge in [0.25, 0.3) is 0 Å².